The molecule has 0 unspecified atom stereocenters. The lowest BCUT2D eigenvalue weighted by atomic mass is 9.93. The summed E-state index contributed by atoms with van der Waals surface area (Å²) in [7, 11) is 0. The largest absolute Gasteiger partial charge is 0.508 e. The Balaban J connectivity index is 2.39. The number of phenols is 1. The average Bonchev–Trinajstić information content (AvgIpc) is 1.96. The monoisotopic (exact) mass is 305 g/mol. The van der Waals surface area contributed by atoms with Gasteiger partial charge in [-0.15, -0.1) is 0 Å². The van der Waals surface area contributed by atoms with Gasteiger partial charge in [0.05, 0.1) is 0 Å². The van der Waals surface area contributed by atoms with Crippen molar-refractivity contribution >= 4 is 31.9 Å². The maximum Gasteiger partial charge on any atom is 0.120 e. The van der Waals surface area contributed by atoms with Crippen molar-refractivity contribution < 1.29 is 5.11 Å². The minimum absolute atomic E-state index is 0.376. The highest BCUT2D eigenvalue weighted by Crippen LogP contribution is 2.35. The lowest BCUT2D eigenvalue weighted by molar-refractivity contribution is 0.413. The first-order valence-electron chi connectivity index (χ1n) is 4.07. The van der Waals surface area contributed by atoms with Gasteiger partial charge in [-0.05, 0) is 44.0 Å². The zero-order chi connectivity index (χ0) is 9.42. The van der Waals surface area contributed by atoms with Crippen LogP contribution in [-0.2, 0) is 0 Å². The van der Waals surface area contributed by atoms with Crippen molar-refractivity contribution in [3.63, 3.8) is 0 Å². The third-order valence-corrected chi connectivity index (χ3v) is 4.14. The Bertz CT molecular complexity index is 337. The molecule has 1 aromatic carbocycles. The van der Waals surface area contributed by atoms with Crippen LogP contribution < -0.4 is 5.32 Å². The molecule has 0 amide bonds. The third kappa shape index (κ3) is 1.75. The second kappa shape index (κ2) is 3.59. The fourth-order valence-corrected chi connectivity index (χ4v) is 2.08. The van der Waals surface area contributed by atoms with Gasteiger partial charge in [0.2, 0.25) is 0 Å². The van der Waals surface area contributed by atoms with Crippen molar-refractivity contribution in [1.29, 1.82) is 0 Å². The second-order valence-electron chi connectivity index (χ2n) is 3.18. The summed E-state index contributed by atoms with van der Waals surface area (Å²) < 4.78 is 1.88. The Kier molecular flexibility index (Phi) is 2.62. The van der Waals surface area contributed by atoms with E-state index in [4.69, 9.17) is 0 Å². The molecule has 0 atom stereocenters. The molecule has 13 heavy (non-hydrogen) atoms. The van der Waals surface area contributed by atoms with Crippen molar-refractivity contribution in [1.82, 2.24) is 5.32 Å². The minimum Gasteiger partial charge on any atom is -0.508 e. The molecule has 0 spiro atoms. The first-order chi connectivity index (χ1) is 6.18. The number of hydrogen-bond donors (Lipinski definition) is 2. The number of phenolic OH excluding ortho intramolecular Hbond substituents is 1. The van der Waals surface area contributed by atoms with Crippen LogP contribution in [0.2, 0.25) is 0 Å². The Morgan fingerprint density at radius 3 is 2.38 bits per heavy atom. The van der Waals surface area contributed by atoms with Crippen molar-refractivity contribution in [2.24, 2.45) is 0 Å². The van der Waals surface area contributed by atoms with E-state index >= 15 is 0 Å². The van der Waals surface area contributed by atoms with Crippen LogP contribution in [0.1, 0.15) is 11.5 Å². The number of halogens is 2. The van der Waals surface area contributed by atoms with Crippen LogP contribution in [0.25, 0.3) is 0 Å². The SMILES string of the molecule is Oc1cc(Br)c(Br)cc1C1CNC1. The highest BCUT2D eigenvalue weighted by Gasteiger charge is 2.22. The number of aromatic hydroxyl groups is 1. The lowest BCUT2D eigenvalue weighted by Crippen LogP contribution is -2.39. The maximum atomic E-state index is 9.67. The first-order valence-corrected chi connectivity index (χ1v) is 5.65. The Morgan fingerprint density at radius 2 is 1.85 bits per heavy atom. The molecule has 1 aliphatic rings. The molecule has 2 nitrogen and oxygen atoms in total. The normalized spacial score (nSPS) is 17.1. The van der Waals surface area contributed by atoms with Crippen LogP contribution in [-0.4, -0.2) is 18.2 Å². The summed E-state index contributed by atoms with van der Waals surface area (Å²) in [6.45, 7) is 1.92. The smallest absolute Gasteiger partial charge is 0.120 e. The van der Waals surface area contributed by atoms with Gasteiger partial charge < -0.3 is 10.4 Å². The zero-order valence-corrected chi connectivity index (χ0v) is 10.0. The fraction of sp³-hybridized carbons (Fsp3) is 0.333. The van der Waals surface area contributed by atoms with Gasteiger partial charge in [-0.2, -0.15) is 0 Å². The second-order valence-corrected chi connectivity index (χ2v) is 4.89. The molecule has 4 heteroatoms. The Labute approximate surface area is 93.6 Å². The molecule has 0 saturated carbocycles. The molecule has 2 N–H and O–H groups in total. The maximum absolute atomic E-state index is 9.67. The van der Waals surface area contributed by atoms with E-state index in [1.54, 1.807) is 6.07 Å². The summed E-state index contributed by atoms with van der Waals surface area (Å²) in [5, 5.41) is 12.9. The van der Waals surface area contributed by atoms with Gasteiger partial charge >= 0.3 is 0 Å². The topological polar surface area (TPSA) is 32.3 Å². The van der Waals surface area contributed by atoms with E-state index in [0.717, 1.165) is 27.6 Å². The van der Waals surface area contributed by atoms with Crippen LogP contribution in [0.3, 0.4) is 0 Å². The molecule has 0 radical (unpaired) electrons. The van der Waals surface area contributed by atoms with Crippen LogP contribution in [0, 0.1) is 0 Å². The number of nitrogens with one attached hydrogen (secondary N) is 1. The van der Waals surface area contributed by atoms with E-state index in [-0.39, 0.29) is 0 Å². The molecule has 0 aliphatic carbocycles. The van der Waals surface area contributed by atoms with Gasteiger partial charge in [0.15, 0.2) is 0 Å². The van der Waals surface area contributed by atoms with Gasteiger partial charge in [0.1, 0.15) is 5.75 Å². The lowest BCUT2D eigenvalue weighted by Gasteiger charge is -2.28. The number of rotatable bonds is 1. The molecule has 1 aliphatic heterocycles. The van der Waals surface area contributed by atoms with Crippen LogP contribution in [0.5, 0.6) is 5.75 Å². The van der Waals surface area contributed by atoms with E-state index < -0.39 is 0 Å². The summed E-state index contributed by atoms with van der Waals surface area (Å²) in [6, 6.07) is 3.71. The summed E-state index contributed by atoms with van der Waals surface area (Å²) in [6.07, 6.45) is 0. The van der Waals surface area contributed by atoms with Crippen LogP contribution in [0.4, 0.5) is 0 Å². The molecule has 0 aromatic heterocycles. The van der Waals surface area contributed by atoms with E-state index in [9.17, 15) is 5.11 Å². The van der Waals surface area contributed by atoms with Gasteiger partial charge in [0, 0.05) is 33.5 Å². The molecule has 1 heterocycles. The molecular weight excluding hydrogens is 298 g/mol. The van der Waals surface area contributed by atoms with Crippen molar-refractivity contribution in [2.75, 3.05) is 13.1 Å². The molecular formula is C9H9Br2NO. The molecule has 2 rings (SSSR count). The average molecular weight is 307 g/mol. The highest BCUT2D eigenvalue weighted by atomic mass is 79.9. The Morgan fingerprint density at radius 1 is 1.23 bits per heavy atom. The quantitative estimate of drug-likeness (QED) is 0.836. The van der Waals surface area contributed by atoms with E-state index in [0.29, 0.717) is 11.7 Å². The van der Waals surface area contributed by atoms with E-state index in [1.165, 1.54) is 0 Å². The Hall–Kier alpha value is -0.0600. The van der Waals surface area contributed by atoms with Gasteiger partial charge in [-0.1, -0.05) is 0 Å². The first kappa shape index (κ1) is 9.49. The summed E-state index contributed by atoms with van der Waals surface area (Å²) in [4.78, 5) is 0. The standard InChI is InChI=1S/C9H9Br2NO/c10-7-1-6(5-3-12-4-5)9(13)2-8(7)11/h1-2,5,12-13H,3-4H2. The van der Waals surface area contributed by atoms with Crippen molar-refractivity contribution in [3.8, 4) is 5.75 Å². The molecule has 1 aromatic rings. The van der Waals surface area contributed by atoms with Gasteiger partial charge in [-0.3, -0.25) is 0 Å². The predicted molar refractivity (Wildman–Crippen MR) is 59.1 cm³/mol. The van der Waals surface area contributed by atoms with Crippen LogP contribution in [0.15, 0.2) is 21.1 Å². The van der Waals surface area contributed by atoms with Gasteiger partial charge in [-0.25, -0.2) is 0 Å². The molecule has 1 saturated heterocycles. The van der Waals surface area contributed by atoms with E-state index in [1.807, 2.05) is 6.07 Å². The van der Waals surface area contributed by atoms with E-state index in [2.05, 4.69) is 37.2 Å². The fourth-order valence-electron chi connectivity index (χ4n) is 1.39. The molecule has 0 bridgehead atoms. The van der Waals surface area contributed by atoms with Crippen molar-refractivity contribution in [2.45, 2.75) is 5.92 Å². The van der Waals surface area contributed by atoms with Crippen molar-refractivity contribution in [3.05, 3.63) is 26.6 Å². The number of benzene rings is 1. The zero-order valence-electron chi connectivity index (χ0n) is 6.85. The van der Waals surface area contributed by atoms with Gasteiger partial charge in [0.25, 0.3) is 0 Å². The van der Waals surface area contributed by atoms with Crippen LogP contribution >= 0.6 is 31.9 Å². The highest BCUT2D eigenvalue weighted by molar-refractivity contribution is 9.13. The third-order valence-electron chi connectivity index (χ3n) is 2.29. The molecule has 70 valence electrons. The summed E-state index contributed by atoms with van der Waals surface area (Å²) in [5.74, 6) is 0.839. The molecule has 1 fully saturated rings. The summed E-state index contributed by atoms with van der Waals surface area (Å²) in [5.41, 5.74) is 1.02. The minimum atomic E-state index is 0.376. The summed E-state index contributed by atoms with van der Waals surface area (Å²) >= 11 is 6.77. The predicted octanol–water partition coefficient (Wildman–Crippen LogP) is 2.60. The number of hydrogen-bond acceptors (Lipinski definition) is 2.